The molecule has 0 aromatic rings. The number of hydrogen-bond acceptors (Lipinski definition) is 5. The maximum absolute atomic E-state index is 12.5. The molecule has 0 bridgehead atoms. The molecule has 0 fully saturated rings. The van der Waals surface area contributed by atoms with Crippen LogP contribution in [-0.2, 0) is 14.3 Å². The van der Waals surface area contributed by atoms with Crippen molar-refractivity contribution < 1.29 is 24.5 Å². The molecule has 0 heterocycles. The first kappa shape index (κ1) is 82.9. The third-order valence-corrected chi connectivity index (χ3v) is 18.9. The molecule has 502 valence electrons. The largest absolute Gasteiger partial charge is 0.466 e. The topological polar surface area (TPSA) is 95.9 Å². The second-order valence-corrected chi connectivity index (χ2v) is 27.4. The van der Waals surface area contributed by atoms with Crippen LogP contribution in [0.5, 0.6) is 0 Å². The summed E-state index contributed by atoms with van der Waals surface area (Å²) in [6, 6.07) is -0.538. The summed E-state index contributed by atoms with van der Waals surface area (Å²) in [5, 5.41) is 23.4. The monoisotopic (exact) mass is 1190 g/mol. The van der Waals surface area contributed by atoms with Gasteiger partial charge in [0.2, 0.25) is 5.91 Å². The molecule has 0 saturated heterocycles. The maximum Gasteiger partial charge on any atom is 0.305 e. The molecule has 6 heteroatoms. The molecule has 0 aliphatic carbocycles. The van der Waals surface area contributed by atoms with Crippen molar-refractivity contribution in [1.82, 2.24) is 5.32 Å². The van der Waals surface area contributed by atoms with Crippen LogP contribution in [0.4, 0.5) is 0 Å². The molecule has 0 aromatic carbocycles. The lowest BCUT2D eigenvalue weighted by molar-refractivity contribution is -0.143. The van der Waals surface area contributed by atoms with Crippen LogP contribution in [0.25, 0.3) is 0 Å². The van der Waals surface area contributed by atoms with E-state index in [-0.39, 0.29) is 18.5 Å². The normalized spacial score (nSPS) is 12.4. The zero-order valence-electron chi connectivity index (χ0n) is 57.7. The number of aliphatic hydroxyl groups excluding tert-OH is 2. The van der Waals surface area contributed by atoms with Gasteiger partial charge in [0.05, 0.1) is 25.4 Å². The summed E-state index contributed by atoms with van der Waals surface area (Å²) in [5.41, 5.74) is 0. The van der Waals surface area contributed by atoms with Crippen molar-refractivity contribution in [2.24, 2.45) is 0 Å². The van der Waals surface area contributed by atoms with E-state index in [0.29, 0.717) is 25.9 Å². The van der Waals surface area contributed by atoms with Gasteiger partial charge in [-0.2, -0.15) is 0 Å². The van der Waals surface area contributed by atoms with Gasteiger partial charge in [-0.05, 0) is 25.7 Å². The Hall–Kier alpha value is -1.14. The van der Waals surface area contributed by atoms with Crippen LogP contribution in [0.2, 0.25) is 0 Å². The van der Waals surface area contributed by atoms with Crippen LogP contribution in [0, 0.1) is 0 Å². The van der Waals surface area contributed by atoms with Gasteiger partial charge in [-0.25, -0.2) is 0 Å². The Kier molecular flexibility index (Phi) is 73.3. The highest BCUT2D eigenvalue weighted by atomic mass is 16.5. The van der Waals surface area contributed by atoms with Gasteiger partial charge >= 0.3 is 5.97 Å². The van der Waals surface area contributed by atoms with E-state index in [2.05, 4.69) is 19.2 Å². The molecular formula is C78H155NO5. The van der Waals surface area contributed by atoms with E-state index in [9.17, 15) is 19.8 Å². The summed E-state index contributed by atoms with van der Waals surface area (Å²) >= 11 is 0. The van der Waals surface area contributed by atoms with Gasteiger partial charge in [0.15, 0.2) is 0 Å². The quantitative estimate of drug-likeness (QED) is 0.0417. The van der Waals surface area contributed by atoms with Crippen LogP contribution in [0.1, 0.15) is 463 Å². The van der Waals surface area contributed by atoms with Gasteiger partial charge in [0, 0.05) is 12.8 Å². The van der Waals surface area contributed by atoms with Crippen molar-refractivity contribution in [2.45, 2.75) is 475 Å². The molecule has 0 spiro atoms. The summed E-state index contributed by atoms with van der Waals surface area (Å²) < 4.78 is 5.52. The zero-order valence-corrected chi connectivity index (χ0v) is 57.7. The summed E-state index contributed by atoms with van der Waals surface area (Å²) in [5.74, 6) is 0.00121. The molecule has 6 nitrogen and oxygen atoms in total. The van der Waals surface area contributed by atoms with Crippen LogP contribution >= 0.6 is 0 Å². The van der Waals surface area contributed by atoms with Crippen LogP contribution < -0.4 is 5.32 Å². The predicted octanol–water partition coefficient (Wildman–Crippen LogP) is 25.7. The molecule has 0 radical (unpaired) electrons. The lowest BCUT2D eigenvalue weighted by Crippen LogP contribution is -2.45. The van der Waals surface area contributed by atoms with Crippen LogP contribution in [-0.4, -0.2) is 47.4 Å². The van der Waals surface area contributed by atoms with Gasteiger partial charge < -0.3 is 20.3 Å². The van der Waals surface area contributed by atoms with E-state index >= 15 is 0 Å². The number of nitrogens with one attached hydrogen (secondary N) is 1. The molecule has 0 rings (SSSR count). The first-order valence-corrected chi connectivity index (χ1v) is 39.3. The van der Waals surface area contributed by atoms with E-state index in [1.807, 2.05) is 0 Å². The molecule has 2 unspecified atom stereocenters. The smallest absolute Gasteiger partial charge is 0.305 e. The highest BCUT2D eigenvalue weighted by Gasteiger charge is 2.20. The average Bonchev–Trinajstić information content (AvgIpc) is 3.52. The summed E-state index contributed by atoms with van der Waals surface area (Å²) in [6.07, 6.45) is 91.9. The second kappa shape index (κ2) is 74.3. The number of ether oxygens (including phenoxy) is 1. The fraction of sp³-hybridized carbons (Fsp3) is 0.974. The standard InChI is InChI=1S/C78H155NO5/c1-3-5-7-9-11-13-15-17-19-21-38-42-46-50-54-58-62-66-70-76(81)75(74-80)79-77(82)71-67-63-59-55-51-47-43-39-36-34-32-30-28-26-24-23-25-27-29-31-33-35-37-41-45-49-53-57-61-65-69-73-84-78(83)72-68-64-60-56-52-48-44-40-22-20-18-16-14-12-10-8-6-4-2/h75-76,80-81H,3-74H2,1-2H3,(H,79,82). The number of carbonyl (C=O) groups excluding carboxylic acids is 2. The van der Waals surface area contributed by atoms with Gasteiger partial charge in [-0.3, -0.25) is 9.59 Å². The summed E-state index contributed by atoms with van der Waals surface area (Å²) in [6.45, 7) is 5.02. The van der Waals surface area contributed by atoms with Gasteiger partial charge in [-0.1, -0.05) is 425 Å². The zero-order chi connectivity index (χ0) is 60.6. The third kappa shape index (κ3) is 70.0. The minimum absolute atomic E-state index is 0.0254. The van der Waals surface area contributed by atoms with Gasteiger partial charge in [0.25, 0.3) is 0 Å². The fourth-order valence-corrected chi connectivity index (χ4v) is 12.9. The van der Waals surface area contributed by atoms with Crippen molar-refractivity contribution in [3.63, 3.8) is 0 Å². The average molecular weight is 1190 g/mol. The Bertz CT molecular complexity index is 1230. The number of esters is 1. The number of amides is 1. The third-order valence-electron chi connectivity index (χ3n) is 18.9. The van der Waals surface area contributed by atoms with Gasteiger partial charge in [-0.15, -0.1) is 0 Å². The Morgan fingerprint density at radius 3 is 0.726 bits per heavy atom. The minimum atomic E-state index is -0.661. The number of hydrogen-bond donors (Lipinski definition) is 3. The Morgan fingerprint density at radius 1 is 0.286 bits per heavy atom. The Morgan fingerprint density at radius 2 is 0.488 bits per heavy atom. The van der Waals surface area contributed by atoms with E-state index in [4.69, 9.17) is 4.74 Å². The maximum atomic E-state index is 12.5. The van der Waals surface area contributed by atoms with Gasteiger partial charge in [0.1, 0.15) is 0 Å². The molecule has 1 amide bonds. The number of aliphatic hydroxyl groups is 2. The number of carbonyl (C=O) groups is 2. The lowest BCUT2D eigenvalue weighted by Gasteiger charge is -2.22. The molecular weight excluding hydrogens is 1030 g/mol. The van der Waals surface area contributed by atoms with Crippen LogP contribution in [0.3, 0.4) is 0 Å². The highest BCUT2D eigenvalue weighted by Crippen LogP contribution is 2.21. The molecule has 84 heavy (non-hydrogen) atoms. The molecule has 0 saturated carbocycles. The second-order valence-electron chi connectivity index (χ2n) is 27.4. The van der Waals surface area contributed by atoms with E-state index in [1.54, 1.807) is 0 Å². The summed E-state index contributed by atoms with van der Waals surface area (Å²) in [4.78, 5) is 24.7. The minimum Gasteiger partial charge on any atom is -0.466 e. The lowest BCUT2D eigenvalue weighted by atomic mass is 10.0. The van der Waals surface area contributed by atoms with Crippen molar-refractivity contribution >= 4 is 11.9 Å². The predicted molar refractivity (Wildman–Crippen MR) is 371 cm³/mol. The highest BCUT2D eigenvalue weighted by molar-refractivity contribution is 5.76. The first-order valence-electron chi connectivity index (χ1n) is 39.3. The van der Waals surface area contributed by atoms with Crippen molar-refractivity contribution in [3.8, 4) is 0 Å². The van der Waals surface area contributed by atoms with Crippen molar-refractivity contribution in [3.05, 3.63) is 0 Å². The first-order chi connectivity index (χ1) is 41.5. The van der Waals surface area contributed by atoms with E-state index in [0.717, 1.165) is 38.5 Å². The molecule has 3 N–H and O–H groups in total. The molecule has 2 atom stereocenters. The molecule has 0 aliphatic heterocycles. The Balaban J connectivity index is 3.30. The molecule has 0 aliphatic rings. The fourth-order valence-electron chi connectivity index (χ4n) is 12.9. The van der Waals surface area contributed by atoms with Crippen molar-refractivity contribution in [1.29, 1.82) is 0 Å². The van der Waals surface area contributed by atoms with Crippen LogP contribution in [0.15, 0.2) is 0 Å². The van der Waals surface area contributed by atoms with E-state index < -0.39 is 12.1 Å². The molecule has 0 aromatic heterocycles. The Labute approximate surface area is 527 Å². The number of rotatable bonds is 75. The number of unbranched alkanes of at least 4 members (excludes halogenated alkanes) is 64. The summed E-state index contributed by atoms with van der Waals surface area (Å²) in [7, 11) is 0. The SMILES string of the molecule is CCCCCCCCCCCCCCCCCCCCC(=O)OCCCCCCCCCCCCCCCCCCCCCCCCCCCCCCCCCC(=O)NC(CO)C(O)CCCCCCCCCCCCCCCCCCCC. The van der Waals surface area contributed by atoms with Crippen molar-refractivity contribution in [2.75, 3.05) is 13.2 Å². The van der Waals surface area contributed by atoms with E-state index in [1.165, 1.54) is 392 Å².